The molecule has 1 heterocycles. The van der Waals surface area contributed by atoms with E-state index in [-0.39, 0.29) is 5.41 Å². The van der Waals surface area contributed by atoms with Crippen molar-refractivity contribution in [2.45, 2.75) is 90.5 Å². The molecule has 0 aliphatic heterocycles. The smallest absolute Gasteiger partial charge is 0.105 e. The van der Waals surface area contributed by atoms with E-state index in [4.69, 9.17) is 0 Å². The van der Waals surface area contributed by atoms with Gasteiger partial charge in [0, 0.05) is 24.4 Å². The van der Waals surface area contributed by atoms with Gasteiger partial charge in [-0.1, -0.05) is 76.3 Å². The number of unbranched alkanes of at least 4 members (excludes halogenated alkanes) is 1. The van der Waals surface area contributed by atoms with Crippen LogP contribution in [0, 0.1) is 18.8 Å². The molecular weight excluding hydrogens is 328 g/mol. The van der Waals surface area contributed by atoms with Crippen LogP contribution in [-0.4, -0.2) is 9.55 Å². The lowest BCUT2D eigenvalue weighted by molar-refractivity contribution is 0.121. The van der Waals surface area contributed by atoms with Gasteiger partial charge in [0.2, 0.25) is 0 Å². The summed E-state index contributed by atoms with van der Waals surface area (Å²) in [5.74, 6) is 2.68. The monoisotopic (exact) mass is 366 g/mol. The fourth-order valence-electron chi connectivity index (χ4n) is 5.65. The van der Waals surface area contributed by atoms with E-state index in [1.165, 1.54) is 57.8 Å². The van der Waals surface area contributed by atoms with Crippen molar-refractivity contribution in [2.75, 3.05) is 0 Å². The summed E-state index contributed by atoms with van der Waals surface area (Å²) in [6, 6.07) is 11.5. The third-order valence-electron chi connectivity index (χ3n) is 7.02. The molecule has 0 saturated heterocycles. The van der Waals surface area contributed by atoms with Gasteiger partial charge in [-0.3, -0.25) is 0 Å². The Balaban J connectivity index is 2.11. The van der Waals surface area contributed by atoms with Crippen molar-refractivity contribution in [3.05, 3.63) is 54.1 Å². The molecule has 0 N–H and O–H groups in total. The quantitative estimate of drug-likeness (QED) is 0.446. The van der Waals surface area contributed by atoms with Crippen molar-refractivity contribution < 1.29 is 0 Å². The molecule has 1 saturated carbocycles. The molecule has 148 valence electrons. The minimum absolute atomic E-state index is 0.231. The third kappa shape index (κ3) is 4.31. The van der Waals surface area contributed by atoms with Crippen molar-refractivity contribution in [1.29, 1.82) is 0 Å². The Labute approximate surface area is 166 Å². The molecule has 1 aromatic carbocycles. The number of benzene rings is 1. The van der Waals surface area contributed by atoms with E-state index in [0.29, 0.717) is 0 Å². The first kappa shape index (κ1) is 20.2. The highest BCUT2D eigenvalue weighted by atomic mass is 15.1. The Morgan fingerprint density at radius 1 is 1.07 bits per heavy atom. The predicted octanol–water partition coefficient (Wildman–Crippen LogP) is 6.93. The van der Waals surface area contributed by atoms with Gasteiger partial charge in [-0.05, 0) is 50.0 Å². The van der Waals surface area contributed by atoms with Crippen molar-refractivity contribution in [3.8, 4) is 0 Å². The minimum Gasteiger partial charge on any atom is -0.334 e. The number of aryl methyl sites for hydroxylation is 1. The maximum Gasteiger partial charge on any atom is 0.105 e. The topological polar surface area (TPSA) is 17.8 Å². The van der Waals surface area contributed by atoms with Crippen LogP contribution in [0.15, 0.2) is 42.7 Å². The van der Waals surface area contributed by atoms with E-state index in [9.17, 15) is 0 Å². The molecule has 0 amide bonds. The summed E-state index contributed by atoms with van der Waals surface area (Å²) in [5.41, 5.74) is 1.80. The molecule has 2 nitrogen and oxygen atoms in total. The number of aromatic nitrogens is 2. The van der Waals surface area contributed by atoms with Crippen LogP contribution in [0.4, 0.5) is 0 Å². The highest BCUT2D eigenvalue weighted by Crippen LogP contribution is 2.51. The van der Waals surface area contributed by atoms with Crippen LogP contribution in [0.3, 0.4) is 0 Å². The summed E-state index contributed by atoms with van der Waals surface area (Å²) >= 11 is 0. The molecule has 3 rings (SSSR count). The van der Waals surface area contributed by atoms with Crippen LogP contribution in [-0.2, 0) is 12.0 Å². The third-order valence-corrected chi connectivity index (χ3v) is 7.02. The Morgan fingerprint density at radius 2 is 1.81 bits per heavy atom. The Morgan fingerprint density at radius 3 is 2.41 bits per heavy atom. The number of hydrogen-bond acceptors (Lipinski definition) is 1. The minimum atomic E-state index is 0.231. The molecule has 2 aromatic rings. The first-order valence-electron chi connectivity index (χ1n) is 11.3. The SMILES string of the molecule is CCCCC(CCC)C(Cn1ccnc1C)(c1ccccc1)C1CCCC1. The van der Waals surface area contributed by atoms with E-state index in [1.807, 2.05) is 6.20 Å². The molecule has 27 heavy (non-hydrogen) atoms. The van der Waals surface area contributed by atoms with Crippen LogP contribution in [0.25, 0.3) is 0 Å². The molecule has 1 aliphatic carbocycles. The van der Waals surface area contributed by atoms with Gasteiger partial charge in [-0.25, -0.2) is 4.98 Å². The predicted molar refractivity (Wildman–Crippen MR) is 115 cm³/mol. The maximum atomic E-state index is 4.55. The molecule has 0 radical (unpaired) electrons. The van der Waals surface area contributed by atoms with Crippen LogP contribution in [0.2, 0.25) is 0 Å². The number of hydrogen-bond donors (Lipinski definition) is 0. The molecule has 1 aliphatic rings. The highest BCUT2D eigenvalue weighted by Gasteiger charge is 2.47. The summed E-state index contributed by atoms with van der Waals surface area (Å²) in [6.45, 7) is 7.95. The summed E-state index contributed by atoms with van der Waals surface area (Å²) < 4.78 is 2.43. The lowest BCUT2D eigenvalue weighted by Crippen LogP contribution is -2.45. The molecular formula is C25H38N2. The average molecular weight is 367 g/mol. The van der Waals surface area contributed by atoms with Gasteiger partial charge in [-0.2, -0.15) is 0 Å². The van der Waals surface area contributed by atoms with Gasteiger partial charge < -0.3 is 4.57 Å². The molecule has 0 spiro atoms. The highest BCUT2D eigenvalue weighted by molar-refractivity contribution is 5.29. The van der Waals surface area contributed by atoms with E-state index >= 15 is 0 Å². The molecule has 1 fully saturated rings. The maximum absolute atomic E-state index is 4.55. The largest absolute Gasteiger partial charge is 0.334 e. The van der Waals surface area contributed by atoms with Gasteiger partial charge in [0.1, 0.15) is 5.82 Å². The van der Waals surface area contributed by atoms with Crippen molar-refractivity contribution in [3.63, 3.8) is 0 Å². The van der Waals surface area contributed by atoms with Gasteiger partial charge in [0.05, 0.1) is 0 Å². The van der Waals surface area contributed by atoms with Crippen LogP contribution < -0.4 is 0 Å². The Kier molecular flexibility index (Phi) is 7.15. The van der Waals surface area contributed by atoms with Crippen LogP contribution in [0.1, 0.15) is 83.0 Å². The molecule has 1 aromatic heterocycles. The summed E-state index contributed by atoms with van der Waals surface area (Å²) in [6.07, 6.45) is 16.3. The Hall–Kier alpha value is -1.57. The summed E-state index contributed by atoms with van der Waals surface area (Å²) in [5, 5.41) is 0. The average Bonchev–Trinajstić information content (AvgIpc) is 3.36. The van der Waals surface area contributed by atoms with Gasteiger partial charge >= 0.3 is 0 Å². The zero-order valence-corrected chi connectivity index (χ0v) is 17.7. The first-order chi connectivity index (χ1) is 13.2. The number of rotatable bonds is 10. The van der Waals surface area contributed by atoms with E-state index in [0.717, 1.165) is 24.2 Å². The van der Waals surface area contributed by atoms with E-state index in [1.54, 1.807) is 5.56 Å². The second kappa shape index (κ2) is 9.57. The van der Waals surface area contributed by atoms with E-state index in [2.05, 4.69) is 66.9 Å². The van der Waals surface area contributed by atoms with Gasteiger partial charge in [0.15, 0.2) is 0 Å². The molecule has 0 bridgehead atoms. The van der Waals surface area contributed by atoms with Gasteiger partial charge in [-0.15, -0.1) is 0 Å². The zero-order chi connectivity index (χ0) is 19.1. The normalized spacial score (nSPS) is 18.5. The van der Waals surface area contributed by atoms with Crippen molar-refractivity contribution >= 4 is 0 Å². The molecule has 2 heteroatoms. The number of nitrogens with zero attached hydrogens (tertiary/aromatic N) is 2. The fraction of sp³-hybridized carbons (Fsp3) is 0.640. The van der Waals surface area contributed by atoms with E-state index < -0.39 is 0 Å². The first-order valence-corrected chi connectivity index (χ1v) is 11.3. The molecule has 2 atom stereocenters. The van der Waals surface area contributed by atoms with Gasteiger partial charge in [0.25, 0.3) is 0 Å². The summed E-state index contributed by atoms with van der Waals surface area (Å²) in [4.78, 5) is 4.55. The Bertz CT molecular complexity index is 669. The van der Waals surface area contributed by atoms with Crippen molar-refractivity contribution in [1.82, 2.24) is 9.55 Å². The fourth-order valence-corrected chi connectivity index (χ4v) is 5.65. The standard InChI is InChI=1S/C25H38N2/c1-4-6-13-22(12-5-2)25(24-16-10-11-17-24,23-14-8-7-9-15-23)20-27-19-18-26-21(27)3/h7-9,14-15,18-19,22,24H,4-6,10-13,16-17,20H2,1-3H3. The number of imidazole rings is 1. The van der Waals surface area contributed by atoms with Crippen LogP contribution >= 0.6 is 0 Å². The lowest BCUT2D eigenvalue weighted by atomic mass is 9.59. The second-order valence-electron chi connectivity index (χ2n) is 8.62. The zero-order valence-electron chi connectivity index (χ0n) is 17.7. The van der Waals surface area contributed by atoms with Crippen molar-refractivity contribution in [2.24, 2.45) is 11.8 Å². The van der Waals surface area contributed by atoms with Crippen LogP contribution in [0.5, 0.6) is 0 Å². The summed E-state index contributed by atoms with van der Waals surface area (Å²) in [7, 11) is 0. The lowest BCUT2D eigenvalue weighted by Gasteiger charge is -2.47. The molecule has 2 unspecified atom stereocenters. The second-order valence-corrected chi connectivity index (χ2v) is 8.62.